The molecular formula is C43H36N2. The van der Waals surface area contributed by atoms with Crippen molar-refractivity contribution < 1.29 is 0 Å². The maximum Gasteiger partial charge on any atom is 0.0541 e. The van der Waals surface area contributed by atoms with Gasteiger partial charge in [-0.1, -0.05) is 85.6 Å². The summed E-state index contributed by atoms with van der Waals surface area (Å²) in [5.41, 5.74) is 15.7. The molecule has 0 aliphatic heterocycles. The van der Waals surface area contributed by atoms with Crippen molar-refractivity contribution in [3.05, 3.63) is 144 Å². The smallest absolute Gasteiger partial charge is 0.0541 e. The van der Waals surface area contributed by atoms with Crippen LogP contribution in [0, 0.1) is 13.8 Å². The van der Waals surface area contributed by atoms with Crippen molar-refractivity contribution in [3.63, 3.8) is 0 Å². The van der Waals surface area contributed by atoms with Gasteiger partial charge in [-0.05, 0) is 110 Å². The summed E-state index contributed by atoms with van der Waals surface area (Å²) in [6.07, 6.45) is 2.10. The summed E-state index contributed by atoms with van der Waals surface area (Å²) >= 11 is 0. The van der Waals surface area contributed by atoms with E-state index in [4.69, 9.17) is 0 Å². The molecule has 2 heterocycles. The van der Waals surface area contributed by atoms with Crippen LogP contribution in [0.15, 0.2) is 121 Å². The molecule has 0 amide bonds. The van der Waals surface area contributed by atoms with Crippen LogP contribution in [0.25, 0.3) is 66.1 Å². The van der Waals surface area contributed by atoms with E-state index in [9.17, 15) is 0 Å². The second-order valence-corrected chi connectivity index (χ2v) is 13.0. The molecule has 2 aromatic heterocycles. The van der Waals surface area contributed by atoms with E-state index in [-0.39, 0.29) is 5.41 Å². The summed E-state index contributed by atoms with van der Waals surface area (Å²) in [4.78, 5) is 0. The number of rotatable bonds is 4. The first-order chi connectivity index (χ1) is 22.0. The zero-order valence-electron chi connectivity index (χ0n) is 26.4. The number of nitrogens with zero attached hydrogens (tertiary/aromatic N) is 2. The molecule has 0 radical (unpaired) electrons. The van der Waals surface area contributed by atoms with Gasteiger partial charge >= 0.3 is 0 Å². The standard InChI is InChI=1S/C43H36N2/c1-5-43(6-2)37-25-29(44-39-13-9-7-11-33(39)34-12-8-10-14-40(34)44)17-19-31(37)32-20-18-30(26-38(32)43)45-41-21-15-27(3)23-35(41)36-24-28(4)16-22-42(36)45/h7-26H,5-6H2,1-4H3. The van der Waals surface area contributed by atoms with E-state index in [1.807, 2.05) is 0 Å². The van der Waals surface area contributed by atoms with Gasteiger partial charge in [0, 0.05) is 38.3 Å². The molecule has 0 saturated carbocycles. The van der Waals surface area contributed by atoms with Crippen molar-refractivity contribution in [2.75, 3.05) is 0 Å². The molecule has 0 unspecified atom stereocenters. The number of fused-ring (bicyclic) bond motifs is 9. The first-order valence-electron chi connectivity index (χ1n) is 16.3. The highest BCUT2D eigenvalue weighted by atomic mass is 15.0. The number of hydrogen-bond acceptors (Lipinski definition) is 0. The lowest BCUT2D eigenvalue weighted by molar-refractivity contribution is 0.490. The molecule has 0 bridgehead atoms. The molecule has 9 rings (SSSR count). The molecule has 1 aliphatic rings. The zero-order chi connectivity index (χ0) is 30.4. The third kappa shape index (κ3) is 3.51. The van der Waals surface area contributed by atoms with Crippen LogP contribution < -0.4 is 0 Å². The van der Waals surface area contributed by atoms with Crippen LogP contribution in [-0.2, 0) is 5.41 Å². The molecule has 45 heavy (non-hydrogen) atoms. The average molecular weight is 581 g/mol. The van der Waals surface area contributed by atoms with Crippen molar-refractivity contribution in [3.8, 4) is 22.5 Å². The monoisotopic (exact) mass is 580 g/mol. The second kappa shape index (κ2) is 9.46. The van der Waals surface area contributed by atoms with E-state index in [0.29, 0.717) is 0 Å². The highest BCUT2D eigenvalue weighted by Gasteiger charge is 2.41. The Labute approximate surface area is 264 Å². The zero-order valence-corrected chi connectivity index (χ0v) is 26.4. The van der Waals surface area contributed by atoms with Gasteiger partial charge in [0.15, 0.2) is 0 Å². The Hall–Kier alpha value is -5.08. The van der Waals surface area contributed by atoms with Crippen molar-refractivity contribution in [2.24, 2.45) is 0 Å². The van der Waals surface area contributed by atoms with Gasteiger partial charge in [0.1, 0.15) is 0 Å². The molecule has 2 nitrogen and oxygen atoms in total. The Kier molecular flexibility index (Phi) is 5.54. The summed E-state index contributed by atoms with van der Waals surface area (Å²) in [7, 11) is 0. The van der Waals surface area contributed by atoms with Gasteiger partial charge in [0.05, 0.1) is 22.1 Å². The van der Waals surface area contributed by atoms with Gasteiger partial charge in [-0.3, -0.25) is 0 Å². The van der Waals surface area contributed by atoms with Crippen molar-refractivity contribution >= 4 is 43.6 Å². The van der Waals surface area contributed by atoms with Crippen molar-refractivity contribution in [1.29, 1.82) is 0 Å². The fourth-order valence-electron chi connectivity index (χ4n) is 8.49. The third-order valence-corrected chi connectivity index (χ3v) is 10.7. The summed E-state index contributed by atoms with van der Waals surface area (Å²) in [6.45, 7) is 9.12. The molecule has 6 aromatic carbocycles. The summed E-state index contributed by atoms with van der Waals surface area (Å²) < 4.78 is 4.93. The van der Waals surface area contributed by atoms with Crippen molar-refractivity contribution in [2.45, 2.75) is 46.0 Å². The lowest BCUT2D eigenvalue weighted by Gasteiger charge is -2.30. The fraction of sp³-hybridized carbons (Fsp3) is 0.163. The van der Waals surface area contributed by atoms with E-state index >= 15 is 0 Å². The molecule has 0 N–H and O–H groups in total. The second-order valence-electron chi connectivity index (χ2n) is 13.0. The SMILES string of the molecule is CCC1(CC)c2cc(-n3c4ccccc4c4ccccc43)ccc2-c2ccc(-n3c4ccc(C)cc4c4cc(C)ccc43)cc21. The van der Waals surface area contributed by atoms with Gasteiger partial charge in [0.2, 0.25) is 0 Å². The molecule has 8 aromatic rings. The van der Waals surface area contributed by atoms with Gasteiger partial charge in [0.25, 0.3) is 0 Å². The van der Waals surface area contributed by atoms with Crippen LogP contribution in [0.4, 0.5) is 0 Å². The first kappa shape index (κ1) is 26.3. The van der Waals surface area contributed by atoms with Crippen LogP contribution >= 0.6 is 0 Å². The molecule has 218 valence electrons. The van der Waals surface area contributed by atoms with Crippen LogP contribution in [0.3, 0.4) is 0 Å². The van der Waals surface area contributed by atoms with Crippen LogP contribution in [0.5, 0.6) is 0 Å². The van der Waals surface area contributed by atoms with E-state index in [1.54, 1.807) is 0 Å². The number of benzene rings is 6. The summed E-state index contributed by atoms with van der Waals surface area (Å²) in [6, 6.07) is 45.8. The lowest BCUT2D eigenvalue weighted by Crippen LogP contribution is -2.23. The number of para-hydroxylation sites is 2. The van der Waals surface area contributed by atoms with E-state index < -0.39 is 0 Å². The predicted octanol–water partition coefficient (Wildman–Crippen LogP) is 11.6. The van der Waals surface area contributed by atoms with E-state index in [2.05, 4.69) is 158 Å². The lowest BCUT2D eigenvalue weighted by atomic mass is 9.73. The Morgan fingerprint density at radius 2 is 0.867 bits per heavy atom. The predicted molar refractivity (Wildman–Crippen MR) is 191 cm³/mol. The molecule has 0 saturated heterocycles. The van der Waals surface area contributed by atoms with Crippen LogP contribution in [-0.4, -0.2) is 9.13 Å². The molecule has 1 aliphatic carbocycles. The van der Waals surface area contributed by atoms with Crippen molar-refractivity contribution in [1.82, 2.24) is 9.13 Å². The normalized spacial score (nSPS) is 13.7. The molecule has 0 atom stereocenters. The first-order valence-corrected chi connectivity index (χ1v) is 16.3. The Morgan fingerprint density at radius 1 is 0.444 bits per heavy atom. The number of aryl methyl sites for hydroxylation is 2. The van der Waals surface area contributed by atoms with Gasteiger partial charge in [-0.15, -0.1) is 0 Å². The minimum atomic E-state index is -0.0542. The number of aromatic nitrogens is 2. The summed E-state index contributed by atoms with van der Waals surface area (Å²) in [5.74, 6) is 0. The molecular weight excluding hydrogens is 544 g/mol. The van der Waals surface area contributed by atoms with Gasteiger partial charge < -0.3 is 9.13 Å². The highest BCUT2D eigenvalue weighted by Crippen LogP contribution is 2.54. The molecule has 0 fully saturated rings. The van der Waals surface area contributed by atoms with E-state index in [1.165, 1.54) is 88.4 Å². The third-order valence-electron chi connectivity index (χ3n) is 10.7. The van der Waals surface area contributed by atoms with Gasteiger partial charge in [-0.2, -0.15) is 0 Å². The highest BCUT2D eigenvalue weighted by molar-refractivity contribution is 6.10. The number of hydrogen-bond donors (Lipinski definition) is 0. The van der Waals surface area contributed by atoms with Gasteiger partial charge in [-0.25, -0.2) is 0 Å². The Bertz CT molecular complexity index is 2370. The largest absolute Gasteiger partial charge is 0.309 e. The minimum absolute atomic E-state index is 0.0542. The van der Waals surface area contributed by atoms with E-state index in [0.717, 1.165) is 12.8 Å². The quantitative estimate of drug-likeness (QED) is 0.196. The molecule has 2 heteroatoms. The maximum absolute atomic E-state index is 2.50. The van der Waals surface area contributed by atoms with Crippen LogP contribution in [0.2, 0.25) is 0 Å². The fourth-order valence-corrected chi connectivity index (χ4v) is 8.49. The average Bonchev–Trinajstić information content (AvgIpc) is 3.67. The minimum Gasteiger partial charge on any atom is -0.309 e. The maximum atomic E-state index is 2.50. The molecule has 0 spiro atoms. The Balaban J connectivity index is 1.27. The summed E-state index contributed by atoms with van der Waals surface area (Å²) in [5, 5.41) is 5.25. The topological polar surface area (TPSA) is 9.86 Å². The van der Waals surface area contributed by atoms with Crippen LogP contribution in [0.1, 0.15) is 48.9 Å². The Morgan fingerprint density at radius 3 is 1.31 bits per heavy atom.